The molecule has 4 aromatic carbocycles. The van der Waals surface area contributed by atoms with Gasteiger partial charge in [0.2, 0.25) is 0 Å². The van der Waals surface area contributed by atoms with E-state index >= 15 is 0 Å². The number of hydrogen-bond acceptors (Lipinski definition) is 4. The van der Waals surface area contributed by atoms with Crippen LogP contribution >= 0.6 is 0 Å². The third-order valence-corrected chi connectivity index (χ3v) is 5.12. The van der Waals surface area contributed by atoms with Crippen molar-refractivity contribution < 1.29 is 5.21 Å². The second-order valence-electron chi connectivity index (χ2n) is 6.79. The van der Waals surface area contributed by atoms with Crippen LogP contribution in [0.25, 0.3) is 21.9 Å². The van der Waals surface area contributed by atoms with E-state index in [1.165, 1.54) is 0 Å². The summed E-state index contributed by atoms with van der Waals surface area (Å²) < 4.78 is 0. The van der Waals surface area contributed by atoms with Gasteiger partial charge in [-0.1, -0.05) is 54.6 Å². The highest BCUT2D eigenvalue weighted by atomic mass is 16.5. The van der Waals surface area contributed by atoms with Crippen molar-refractivity contribution >= 4 is 27.8 Å². The van der Waals surface area contributed by atoms with Gasteiger partial charge >= 0.3 is 0 Å². The van der Waals surface area contributed by atoms with E-state index in [2.05, 4.69) is 39.7 Å². The van der Waals surface area contributed by atoms with Gasteiger partial charge in [0.15, 0.2) is 0 Å². The van der Waals surface area contributed by atoms with Crippen LogP contribution in [0.5, 0.6) is 0 Å². The molecule has 0 saturated heterocycles. The number of fused-ring (bicyclic) bond motifs is 1. The minimum atomic E-state index is 0.618. The van der Waals surface area contributed by atoms with Crippen molar-refractivity contribution in [3.8, 4) is 11.1 Å². The molecule has 0 aliphatic carbocycles. The van der Waals surface area contributed by atoms with Crippen LogP contribution in [-0.4, -0.2) is 5.21 Å². The van der Waals surface area contributed by atoms with Gasteiger partial charge in [-0.3, -0.25) is 0 Å². The molecule has 4 rings (SSSR count). The van der Waals surface area contributed by atoms with Crippen LogP contribution < -0.4 is 0 Å². The van der Waals surface area contributed by atoms with Crippen molar-refractivity contribution in [2.24, 2.45) is 20.6 Å². The second-order valence-corrected chi connectivity index (χ2v) is 6.79. The molecule has 4 aromatic rings. The van der Waals surface area contributed by atoms with Gasteiger partial charge in [0.1, 0.15) is 0 Å². The largest absolute Gasteiger partial charge is 0.394 e. The lowest BCUT2D eigenvalue weighted by Crippen LogP contribution is -1.90. The smallest absolute Gasteiger partial charge is 0.0974 e. The first-order valence-corrected chi connectivity index (χ1v) is 9.33. The van der Waals surface area contributed by atoms with E-state index in [0.717, 1.165) is 44.4 Å². The molecule has 0 heterocycles. The van der Waals surface area contributed by atoms with Crippen molar-refractivity contribution in [1.29, 1.82) is 0 Å². The normalized spacial score (nSPS) is 11.7. The molecule has 142 valence electrons. The maximum atomic E-state index is 9.04. The Bertz CT molecular complexity index is 1230. The minimum absolute atomic E-state index is 0.618. The van der Waals surface area contributed by atoms with Crippen LogP contribution in [0.1, 0.15) is 11.1 Å². The molecule has 0 saturated carbocycles. The lowest BCUT2D eigenvalue weighted by atomic mass is 9.91. The van der Waals surface area contributed by atoms with E-state index in [-0.39, 0.29) is 0 Å². The minimum Gasteiger partial charge on any atom is -0.394 e. The summed E-state index contributed by atoms with van der Waals surface area (Å²) in [6, 6.07) is 25.6. The van der Waals surface area contributed by atoms with Crippen molar-refractivity contribution in [2.75, 3.05) is 0 Å². The Morgan fingerprint density at radius 3 is 2.14 bits per heavy atom. The highest BCUT2D eigenvalue weighted by Crippen LogP contribution is 2.41. The SMILES string of the molecule is Cc1c(/N=N/c2ccccc2)ccc(-c2c(N=NO)ccc3ccccc23)c1C. The predicted molar refractivity (Wildman–Crippen MR) is 116 cm³/mol. The standard InChI is InChI=1S/C24H20N4O/c1-16-17(2)22(26-25-19-9-4-3-5-10-19)15-13-20(16)24-21-11-7-6-8-18(21)12-14-23(24)27-28-29/h3-15H,1-2H3,(H,27,29)/b26-25+. The first-order valence-electron chi connectivity index (χ1n) is 9.33. The Balaban J connectivity index is 1.86. The number of benzene rings is 4. The molecule has 0 spiro atoms. The van der Waals surface area contributed by atoms with Crippen molar-refractivity contribution in [1.82, 2.24) is 0 Å². The van der Waals surface area contributed by atoms with Gasteiger partial charge in [-0.15, -0.1) is 5.11 Å². The first-order chi connectivity index (χ1) is 14.2. The molecule has 0 amide bonds. The lowest BCUT2D eigenvalue weighted by Gasteiger charge is -2.15. The highest BCUT2D eigenvalue weighted by Gasteiger charge is 2.15. The first kappa shape index (κ1) is 18.5. The molecule has 0 aliphatic heterocycles. The summed E-state index contributed by atoms with van der Waals surface area (Å²) in [5.41, 5.74) is 6.34. The number of hydrogen-bond donors (Lipinski definition) is 1. The third-order valence-electron chi connectivity index (χ3n) is 5.12. The van der Waals surface area contributed by atoms with Crippen molar-refractivity contribution in [3.05, 3.63) is 90.0 Å². The zero-order valence-corrected chi connectivity index (χ0v) is 16.2. The summed E-state index contributed by atoms with van der Waals surface area (Å²) in [6.45, 7) is 4.10. The van der Waals surface area contributed by atoms with Gasteiger partial charge in [0.05, 0.1) is 17.1 Å². The molecule has 0 bridgehead atoms. The molecule has 0 radical (unpaired) electrons. The van der Waals surface area contributed by atoms with Gasteiger partial charge in [-0.05, 0) is 65.6 Å². The van der Waals surface area contributed by atoms with E-state index in [9.17, 15) is 0 Å². The number of nitrogens with zero attached hydrogens (tertiary/aromatic N) is 4. The molecule has 0 fully saturated rings. The molecular weight excluding hydrogens is 360 g/mol. The average Bonchev–Trinajstić information content (AvgIpc) is 2.76. The van der Waals surface area contributed by atoms with E-state index in [1.807, 2.05) is 73.7 Å². The van der Waals surface area contributed by atoms with Crippen LogP contribution in [-0.2, 0) is 0 Å². The van der Waals surface area contributed by atoms with Crippen LogP contribution in [0.2, 0.25) is 0 Å². The molecule has 0 aromatic heterocycles. The Morgan fingerprint density at radius 2 is 1.34 bits per heavy atom. The molecule has 5 nitrogen and oxygen atoms in total. The lowest BCUT2D eigenvalue weighted by molar-refractivity contribution is 0.289. The second kappa shape index (κ2) is 8.02. The Hall–Kier alpha value is -3.86. The summed E-state index contributed by atoms with van der Waals surface area (Å²) in [6.07, 6.45) is 0. The van der Waals surface area contributed by atoms with Crippen molar-refractivity contribution in [3.63, 3.8) is 0 Å². The molecule has 0 atom stereocenters. The molecule has 1 N–H and O–H groups in total. The summed E-state index contributed by atoms with van der Waals surface area (Å²) in [5.74, 6) is 0. The van der Waals surface area contributed by atoms with E-state index < -0.39 is 0 Å². The predicted octanol–water partition coefficient (Wildman–Crippen LogP) is 8.01. The van der Waals surface area contributed by atoms with Gasteiger partial charge in [-0.25, -0.2) is 0 Å². The third kappa shape index (κ3) is 3.62. The van der Waals surface area contributed by atoms with Crippen LogP contribution in [0.3, 0.4) is 0 Å². The summed E-state index contributed by atoms with van der Waals surface area (Å²) in [5, 5.41) is 26.9. The highest BCUT2D eigenvalue weighted by molar-refractivity contribution is 6.03. The molecule has 0 unspecified atom stereocenters. The van der Waals surface area contributed by atoms with E-state index in [0.29, 0.717) is 5.69 Å². The number of azo groups is 1. The van der Waals surface area contributed by atoms with Crippen LogP contribution in [0.4, 0.5) is 17.1 Å². The van der Waals surface area contributed by atoms with Crippen LogP contribution in [0.15, 0.2) is 99.5 Å². The van der Waals surface area contributed by atoms with Crippen LogP contribution in [0, 0.1) is 13.8 Å². The number of rotatable bonds is 4. The van der Waals surface area contributed by atoms with Gasteiger partial charge < -0.3 is 5.21 Å². The fourth-order valence-corrected chi connectivity index (χ4v) is 3.47. The maximum Gasteiger partial charge on any atom is 0.0974 e. The topological polar surface area (TPSA) is 69.7 Å². The molecule has 29 heavy (non-hydrogen) atoms. The summed E-state index contributed by atoms with van der Waals surface area (Å²) >= 11 is 0. The maximum absolute atomic E-state index is 9.04. The Labute approximate surface area is 169 Å². The fraction of sp³-hybridized carbons (Fsp3) is 0.0833. The Morgan fingerprint density at radius 1 is 0.621 bits per heavy atom. The van der Waals surface area contributed by atoms with Gasteiger partial charge in [0.25, 0.3) is 0 Å². The summed E-state index contributed by atoms with van der Waals surface area (Å²) in [7, 11) is 0. The molecular formula is C24H20N4O. The average molecular weight is 380 g/mol. The van der Waals surface area contributed by atoms with Gasteiger partial charge in [0, 0.05) is 10.8 Å². The van der Waals surface area contributed by atoms with E-state index in [4.69, 9.17) is 5.21 Å². The zero-order valence-electron chi connectivity index (χ0n) is 16.2. The molecule has 0 aliphatic rings. The quantitative estimate of drug-likeness (QED) is 0.283. The summed E-state index contributed by atoms with van der Waals surface area (Å²) in [4.78, 5) is 0. The van der Waals surface area contributed by atoms with Crippen molar-refractivity contribution in [2.45, 2.75) is 13.8 Å². The monoisotopic (exact) mass is 380 g/mol. The fourth-order valence-electron chi connectivity index (χ4n) is 3.47. The molecule has 5 heteroatoms. The van der Waals surface area contributed by atoms with E-state index in [1.54, 1.807) is 0 Å². The zero-order chi connectivity index (χ0) is 20.2. The Kier molecular flexibility index (Phi) is 5.12. The van der Waals surface area contributed by atoms with Gasteiger partial charge in [-0.2, -0.15) is 10.2 Å².